The molecular weight excluding hydrogens is 247 g/mol. The van der Waals surface area contributed by atoms with Crippen molar-refractivity contribution < 1.29 is 13.6 Å². The van der Waals surface area contributed by atoms with Crippen LogP contribution in [0.4, 0.5) is 4.39 Å². The summed E-state index contributed by atoms with van der Waals surface area (Å²) in [5.41, 5.74) is 1.20. The van der Waals surface area contributed by atoms with Gasteiger partial charge >= 0.3 is 0 Å². The second kappa shape index (κ2) is 6.13. The van der Waals surface area contributed by atoms with Gasteiger partial charge in [0.15, 0.2) is 5.89 Å². The van der Waals surface area contributed by atoms with Crippen LogP contribution in [0, 0.1) is 12.7 Å². The predicted octanol–water partition coefficient (Wildman–Crippen LogP) is 2.02. The van der Waals surface area contributed by atoms with Crippen molar-refractivity contribution in [1.29, 1.82) is 0 Å². The SMILES string of the molecule is Cc1nc(CCNC(=O)Cc2ccccc2F)co1. The lowest BCUT2D eigenvalue weighted by molar-refractivity contribution is -0.120. The summed E-state index contributed by atoms with van der Waals surface area (Å²) in [6, 6.07) is 6.27. The molecule has 2 rings (SSSR count). The zero-order valence-electron chi connectivity index (χ0n) is 10.6. The number of carbonyl (C=O) groups is 1. The second-order valence-electron chi connectivity index (χ2n) is 4.23. The van der Waals surface area contributed by atoms with Crippen LogP contribution in [0.3, 0.4) is 0 Å². The minimum atomic E-state index is -0.357. The molecule has 1 aromatic heterocycles. The van der Waals surface area contributed by atoms with Crippen LogP contribution < -0.4 is 5.32 Å². The average Bonchev–Trinajstić information content (AvgIpc) is 2.78. The van der Waals surface area contributed by atoms with Gasteiger partial charge in [-0.1, -0.05) is 18.2 Å². The van der Waals surface area contributed by atoms with E-state index in [4.69, 9.17) is 4.42 Å². The molecule has 0 atom stereocenters. The van der Waals surface area contributed by atoms with Crippen molar-refractivity contribution in [2.24, 2.45) is 0 Å². The zero-order valence-corrected chi connectivity index (χ0v) is 10.6. The smallest absolute Gasteiger partial charge is 0.224 e. The van der Waals surface area contributed by atoms with Gasteiger partial charge in [0.2, 0.25) is 5.91 Å². The molecule has 19 heavy (non-hydrogen) atoms. The van der Waals surface area contributed by atoms with E-state index in [1.54, 1.807) is 31.4 Å². The Balaban J connectivity index is 1.77. The number of oxazole rings is 1. The van der Waals surface area contributed by atoms with Crippen molar-refractivity contribution in [3.8, 4) is 0 Å². The lowest BCUT2D eigenvalue weighted by Crippen LogP contribution is -2.27. The molecule has 1 heterocycles. The molecule has 0 spiro atoms. The molecule has 0 unspecified atom stereocenters. The van der Waals surface area contributed by atoms with Crippen molar-refractivity contribution >= 4 is 5.91 Å². The lowest BCUT2D eigenvalue weighted by atomic mass is 10.1. The number of rotatable bonds is 5. The number of nitrogens with zero attached hydrogens (tertiary/aromatic N) is 1. The topological polar surface area (TPSA) is 55.1 Å². The Morgan fingerprint density at radius 2 is 2.21 bits per heavy atom. The Kier molecular flexibility index (Phi) is 4.28. The van der Waals surface area contributed by atoms with Gasteiger partial charge in [0.25, 0.3) is 0 Å². The van der Waals surface area contributed by atoms with E-state index in [9.17, 15) is 9.18 Å². The molecule has 0 fully saturated rings. The van der Waals surface area contributed by atoms with Crippen LogP contribution >= 0.6 is 0 Å². The fraction of sp³-hybridized carbons (Fsp3) is 0.286. The number of halogens is 1. The van der Waals surface area contributed by atoms with Gasteiger partial charge in [-0.05, 0) is 11.6 Å². The maximum Gasteiger partial charge on any atom is 0.224 e. The third-order valence-corrected chi connectivity index (χ3v) is 2.68. The van der Waals surface area contributed by atoms with Gasteiger partial charge in [-0.15, -0.1) is 0 Å². The van der Waals surface area contributed by atoms with Gasteiger partial charge in [0, 0.05) is 19.9 Å². The highest BCUT2D eigenvalue weighted by molar-refractivity contribution is 5.78. The second-order valence-corrected chi connectivity index (χ2v) is 4.23. The largest absolute Gasteiger partial charge is 0.449 e. The molecule has 5 heteroatoms. The van der Waals surface area contributed by atoms with E-state index in [1.165, 1.54) is 6.07 Å². The van der Waals surface area contributed by atoms with Gasteiger partial charge in [-0.25, -0.2) is 9.37 Å². The molecule has 0 bridgehead atoms. The third kappa shape index (κ3) is 3.91. The summed E-state index contributed by atoms with van der Waals surface area (Å²) >= 11 is 0. The fourth-order valence-corrected chi connectivity index (χ4v) is 1.73. The van der Waals surface area contributed by atoms with Crippen molar-refractivity contribution in [3.63, 3.8) is 0 Å². The van der Waals surface area contributed by atoms with E-state index in [1.807, 2.05) is 0 Å². The molecule has 1 N–H and O–H groups in total. The highest BCUT2D eigenvalue weighted by Crippen LogP contribution is 2.06. The average molecular weight is 262 g/mol. The van der Waals surface area contributed by atoms with Crippen molar-refractivity contribution in [2.75, 3.05) is 6.54 Å². The Morgan fingerprint density at radius 1 is 1.42 bits per heavy atom. The molecule has 1 amide bonds. The van der Waals surface area contributed by atoms with E-state index >= 15 is 0 Å². The van der Waals surface area contributed by atoms with Gasteiger partial charge in [0.05, 0.1) is 12.1 Å². The molecule has 0 aliphatic carbocycles. The minimum absolute atomic E-state index is 0.0461. The monoisotopic (exact) mass is 262 g/mol. The van der Waals surface area contributed by atoms with Gasteiger partial charge in [-0.2, -0.15) is 0 Å². The predicted molar refractivity (Wildman–Crippen MR) is 68.1 cm³/mol. The summed E-state index contributed by atoms with van der Waals surface area (Å²) in [5.74, 6) is 0.0442. The first-order valence-electron chi connectivity index (χ1n) is 6.06. The van der Waals surface area contributed by atoms with E-state index in [-0.39, 0.29) is 18.1 Å². The van der Waals surface area contributed by atoms with E-state index < -0.39 is 0 Å². The number of hydrogen-bond donors (Lipinski definition) is 1. The zero-order chi connectivity index (χ0) is 13.7. The summed E-state index contributed by atoms with van der Waals surface area (Å²) in [6.45, 7) is 2.22. The summed E-state index contributed by atoms with van der Waals surface area (Å²) in [4.78, 5) is 15.8. The van der Waals surface area contributed by atoms with Crippen LogP contribution in [-0.2, 0) is 17.6 Å². The molecule has 100 valence electrons. The Morgan fingerprint density at radius 3 is 2.89 bits per heavy atom. The van der Waals surface area contributed by atoms with Crippen LogP contribution in [0.1, 0.15) is 17.1 Å². The Labute approximate surface area is 110 Å². The quantitative estimate of drug-likeness (QED) is 0.897. The molecule has 1 aromatic carbocycles. The van der Waals surface area contributed by atoms with Gasteiger partial charge in [-0.3, -0.25) is 4.79 Å². The fourth-order valence-electron chi connectivity index (χ4n) is 1.73. The Hall–Kier alpha value is -2.17. The van der Waals surface area contributed by atoms with Crippen molar-refractivity contribution in [3.05, 3.63) is 53.5 Å². The normalized spacial score (nSPS) is 10.4. The first-order valence-corrected chi connectivity index (χ1v) is 6.06. The highest BCUT2D eigenvalue weighted by Gasteiger charge is 2.07. The Bertz CT molecular complexity index is 566. The molecule has 0 saturated heterocycles. The standard InChI is InChI=1S/C14H15FN2O2/c1-10-17-12(9-19-10)6-7-16-14(18)8-11-4-2-3-5-13(11)15/h2-5,9H,6-8H2,1H3,(H,16,18). The first-order chi connectivity index (χ1) is 9.15. The number of benzene rings is 1. The molecule has 2 aromatic rings. The van der Waals surface area contributed by atoms with Crippen LogP contribution in [0.25, 0.3) is 0 Å². The maximum atomic E-state index is 13.3. The van der Waals surface area contributed by atoms with E-state index in [2.05, 4.69) is 10.3 Å². The lowest BCUT2D eigenvalue weighted by Gasteiger charge is -2.04. The molecule has 0 aliphatic heterocycles. The number of aryl methyl sites for hydroxylation is 1. The van der Waals surface area contributed by atoms with E-state index in [0.29, 0.717) is 24.4 Å². The number of aromatic nitrogens is 1. The molecule has 4 nitrogen and oxygen atoms in total. The number of nitrogens with one attached hydrogen (secondary N) is 1. The van der Waals surface area contributed by atoms with Crippen molar-refractivity contribution in [2.45, 2.75) is 19.8 Å². The highest BCUT2D eigenvalue weighted by atomic mass is 19.1. The summed E-state index contributed by atoms with van der Waals surface area (Å²) < 4.78 is 18.4. The number of amides is 1. The summed E-state index contributed by atoms with van der Waals surface area (Å²) in [7, 11) is 0. The summed E-state index contributed by atoms with van der Waals surface area (Å²) in [5, 5.41) is 2.73. The third-order valence-electron chi connectivity index (χ3n) is 2.68. The molecule has 0 aliphatic rings. The maximum absolute atomic E-state index is 13.3. The summed E-state index contributed by atoms with van der Waals surface area (Å²) in [6.07, 6.45) is 2.21. The molecule has 0 saturated carbocycles. The van der Waals surface area contributed by atoms with Crippen molar-refractivity contribution in [1.82, 2.24) is 10.3 Å². The van der Waals surface area contributed by atoms with Gasteiger partial charge < -0.3 is 9.73 Å². The number of hydrogen-bond acceptors (Lipinski definition) is 3. The van der Waals surface area contributed by atoms with Crippen LogP contribution in [0.2, 0.25) is 0 Å². The van der Waals surface area contributed by atoms with Crippen LogP contribution in [0.15, 0.2) is 34.9 Å². The number of carbonyl (C=O) groups excluding carboxylic acids is 1. The van der Waals surface area contributed by atoms with Crippen LogP contribution in [-0.4, -0.2) is 17.4 Å². The van der Waals surface area contributed by atoms with Crippen LogP contribution in [0.5, 0.6) is 0 Å². The minimum Gasteiger partial charge on any atom is -0.449 e. The van der Waals surface area contributed by atoms with E-state index in [0.717, 1.165) is 5.69 Å². The first kappa shape index (κ1) is 13.3. The molecule has 0 radical (unpaired) electrons. The van der Waals surface area contributed by atoms with Gasteiger partial charge in [0.1, 0.15) is 12.1 Å². The molecular formula is C14H15FN2O2.